The zero-order chi connectivity index (χ0) is 17.1. The number of nitro groups is 1. The van der Waals surface area contributed by atoms with Gasteiger partial charge in [0.15, 0.2) is 0 Å². The van der Waals surface area contributed by atoms with Gasteiger partial charge in [0.05, 0.1) is 9.40 Å². The van der Waals surface area contributed by atoms with Crippen molar-refractivity contribution in [2.45, 2.75) is 0 Å². The number of amides is 1. The first-order valence-corrected chi connectivity index (χ1v) is 8.30. The number of carbonyl (C=O) groups is 1. The van der Waals surface area contributed by atoms with E-state index in [1.54, 1.807) is 0 Å². The molecule has 0 atom stereocenters. The molecule has 0 spiro atoms. The van der Waals surface area contributed by atoms with Crippen LogP contribution < -0.4 is 5.32 Å². The first-order chi connectivity index (χ1) is 11.5. The average Bonchev–Trinajstić information content (AvgIpc) is 3.04. The number of halogens is 1. The number of hydrogen-bond acceptors (Lipinski definition) is 6. The highest BCUT2D eigenvalue weighted by Crippen LogP contribution is 2.28. The highest BCUT2D eigenvalue weighted by atomic mass is 79.9. The van der Waals surface area contributed by atoms with Crippen LogP contribution in [0.25, 0.3) is 10.6 Å². The van der Waals surface area contributed by atoms with Gasteiger partial charge in [-0.1, -0.05) is 41.7 Å². The van der Waals surface area contributed by atoms with Crippen molar-refractivity contribution in [1.82, 2.24) is 10.2 Å². The van der Waals surface area contributed by atoms with E-state index in [2.05, 4.69) is 31.4 Å². The van der Waals surface area contributed by atoms with Crippen LogP contribution in [0.5, 0.6) is 0 Å². The predicted molar refractivity (Wildman–Crippen MR) is 94.1 cm³/mol. The van der Waals surface area contributed by atoms with E-state index in [0.29, 0.717) is 14.6 Å². The summed E-state index contributed by atoms with van der Waals surface area (Å²) in [6.45, 7) is 0. The van der Waals surface area contributed by atoms with Gasteiger partial charge in [0.2, 0.25) is 5.13 Å². The van der Waals surface area contributed by atoms with Crippen molar-refractivity contribution < 1.29 is 9.72 Å². The van der Waals surface area contributed by atoms with Crippen LogP contribution in [0.4, 0.5) is 10.8 Å². The molecule has 0 radical (unpaired) electrons. The van der Waals surface area contributed by atoms with Crippen LogP contribution in [0.3, 0.4) is 0 Å². The minimum atomic E-state index is -0.556. The number of anilines is 1. The minimum Gasteiger partial charge on any atom is -0.296 e. The van der Waals surface area contributed by atoms with E-state index < -0.39 is 10.8 Å². The van der Waals surface area contributed by atoms with Crippen LogP contribution in [0.1, 0.15) is 10.4 Å². The van der Waals surface area contributed by atoms with Crippen LogP contribution in [0, 0.1) is 10.1 Å². The zero-order valence-electron chi connectivity index (χ0n) is 12.0. The van der Waals surface area contributed by atoms with Gasteiger partial charge in [-0.25, -0.2) is 0 Å². The van der Waals surface area contributed by atoms with Crippen LogP contribution in [0.2, 0.25) is 0 Å². The molecule has 0 fully saturated rings. The van der Waals surface area contributed by atoms with E-state index in [4.69, 9.17) is 0 Å². The van der Waals surface area contributed by atoms with Crippen LogP contribution in [0.15, 0.2) is 53.0 Å². The summed E-state index contributed by atoms with van der Waals surface area (Å²) < 4.78 is 0.311. The number of carbonyl (C=O) groups excluding carboxylic acids is 1. The number of hydrogen-bond donors (Lipinski definition) is 1. The number of benzene rings is 2. The lowest BCUT2D eigenvalue weighted by Gasteiger charge is -2.02. The maximum absolute atomic E-state index is 12.2. The topological polar surface area (TPSA) is 98.0 Å². The van der Waals surface area contributed by atoms with E-state index in [1.807, 2.05) is 30.3 Å². The third-order valence-corrected chi connectivity index (χ3v) is 4.63. The van der Waals surface area contributed by atoms with Gasteiger partial charge in [-0.05, 0) is 28.1 Å². The van der Waals surface area contributed by atoms with E-state index in [-0.39, 0.29) is 11.3 Å². The van der Waals surface area contributed by atoms with E-state index in [9.17, 15) is 14.9 Å². The van der Waals surface area contributed by atoms with Crippen molar-refractivity contribution in [1.29, 1.82) is 0 Å². The molecule has 0 bridgehead atoms. The number of nitrogens with zero attached hydrogens (tertiary/aromatic N) is 3. The Bertz CT molecular complexity index is 914. The molecule has 7 nitrogen and oxygen atoms in total. The summed E-state index contributed by atoms with van der Waals surface area (Å²) in [6.07, 6.45) is 0. The Morgan fingerprint density at radius 3 is 2.62 bits per heavy atom. The summed E-state index contributed by atoms with van der Waals surface area (Å²) in [4.78, 5) is 22.6. The molecular weight excluding hydrogens is 396 g/mol. The monoisotopic (exact) mass is 404 g/mol. The highest BCUT2D eigenvalue weighted by Gasteiger charge is 2.17. The summed E-state index contributed by atoms with van der Waals surface area (Å²) in [7, 11) is 0. The number of nitro benzene ring substituents is 1. The molecule has 1 amide bonds. The number of rotatable bonds is 4. The van der Waals surface area contributed by atoms with Gasteiger partial charge < -0.3 is 0 Å². The molecule has 0 aliphatic heterocycles. The summed E-state index contributed by atoms with van der Waals surface area (Å²) in [5.74, 6) is -0.485. The highest BCUT2D eigenvalue weighted by molar-refractivity contribution is 9.10. The number of nitrogens with one attached hydrogen (secondary N) is 1. The maximum Gasteiger partial charge on any atom is 0.284 e. The minimum absolute atomic E-state index is 0.168. The van der Waals surface area contributed by atoms with Crippen LogP contribution in [-0.4, -0.2) is 21.0 Å². The van der Waals surface area contributed by atoms with Gasteiger partial charge in [0.25, 0.3) is 11.6 Å². The molecule has 3 aromatic rings. The quantitative estimate of drug-likeness (QED) is 0.520. The summed E-state index contributed by atoms with van der Waals surface area (Å²) >= 11 is 4.31. The van der Waals surface area contributed by atoms with Crippen molar-refractivity contribution in [3.8, 4) is 10.6 Å². The lowest BCUT2D eigenvalue weighted by atomic mass is 10.2. The van der Waals surface area contributed by atoms with Crippen molar-refractivity contribution in [3.63, 3.8) is 0 Å². The molecule has 120 valence electrons. The van der Waals surface area contributed by atoms with Crippen molar-refractivity contribution >= 4 is 44.0 Å². The second-order valence-electron chi connectivity index (χ2n) is 4.66. The predicted octanol–water partition coefficient (Wildman–Crippen LogP) is 4.13. The van der Waals surface area contributed by atoms with E-state index in [0.717, 1.165) is 5.56 Å². The SMILES string of the molecule is O=C(Nc1nnc(-c2ccccc2)s1)c1ccc(Br)c([N+](=O)[O-])c1. The lowest BCUT2D eigenvalue weighted by Crippen LogP contribution is -2.12. The molecular formula is C15H9BrN4O3S. The Morgan fingerprint density at radius 2 is 1.92 bits per heavy atom. The molecule has 3 rings (SSSR count). The van der Waals surface area contributed by atoms with Gasteiger partial charge in [-0.2, -0.15) is 0 Å². The molecule has 1 heterocycles. The Morgan fingerprint density at radius 1 is 1.17 bits per heavy atom. The smallest absolute Gasteiger partial charge is 0.284 e. The fourth-order valence-corrected chi connectivity index (χ4v) is 3.07. The fourth-order valence-electron chi connectivity index (χ4n) is 1.93. The average molecular weight is 405 g/mol. The van der Waals surface area contributed by atoms with Crippen molar-refractivity contribution in [3.05, 3.63) is 68.7 Å². The Balaban J connectivity index is 1.80. The fraction of sp³-hybridized carbons (Fsp3) is 0. The molecule has 24 heavy (non-hydrogen) atoms. The second-order valence-corrected chi connectivity index (χ2v) is 6.49. The molecule has 1 N–H and O–H groups in total. The van der Waals surface area contributed by atoms with Crippen LogP contribution >= 0.6 is 27.3 Å². The van der Waals surface area contributed by atoms with Gasteiger partial charge in [0, 0.05) is 17.2 Å². The first-order valence-electron chi connectivity index (χ1n) is 6.69. The molecule has 0 aliphatic rings. The Hall–Kier alpha value is -2.65. The third kappa shape index (κ3) is 3.47. The molecule has 0 saturated heterocycles. The van der Waals surface area contributed by atoms with Gasteiger partial charge in [-0.15, -0.1) is 10.2 Å². The van der Waals surface area contributed by atoms with Crippen molar-refractivity contribution in [2.75, 3.05) is 5.32 Å². The van der Waals surface area contributed by atoms with E-state index in [1.165, 1.54) is 29.5 Å². The summed E-state index contributed by atoms with van der Waals surface area (Å²) in [5, 5.41) is 22.5. The van der Waals surface area contributed by atoms with Crippen molar-refractivity contribution in [2.24, 2.45) is 0 Å². The summed E-state index contributed by atoms with van der Waals surface area (Å²) in [5.41, 5.74) is 0.890. The molecule has 2 aromatic carbocycles. The maximum atomic E-state index is 12.2. The lowest BCUT2D eigenvalue weighted by molar-refractivity contribution is -0.385. The molecule has 9 heteroatoms. The molecule has 0 unspecified atom stereocenters. The second kappa shape index (κ2) is 6.85. The summed E-state index contributed by atoms with van der Waals surface area (Å²) in [6, 6.07) is 13.6. The molecule has 1 aromatic heterocycles. The van der Waals surface area contributed by atoms with E-state index >= 15 is 0 Å². The molecule has 0 saturated carbocycles. The Labute approximate surface area is 148 Å². The first kappa shape index (κ1) is 16.2. The van der Waals surface area contributed by atoms with Crippen LogP contribution in [-0.2, 0) is 0 Å². The normalized spacial score (nSPS) is 10.4. The standard InChI is InChI=1S/C15H9BrN4O3S/c16-11-7-6-10(8-12(11)20(22)23)13(21)17-15-19-18-14(24-15)9-4-2-1-3-5-9/h1-8H,(H,17,19,21). The largest absolute Gasteiger partial charge is 0.296 e. The zero-order valence-corrected chi connectivity index (χ0v) is 14.4. The Kier molecular flexibility index (Phi) is 4.63. The van der Waals surface area contributed by atoms with Gasteiger partial charge >= 0.3 is 0 Å². The number of aromatic nitrogens is 2. The van der Waals surface area contributed by atoms with Gasteiger partial charge in [0.1, 0.15) is 5.01 Å². The molecule has 0 aliphatic carbocycles. The third-order valence-electron chi connectivity index (χ3n) is 3.07. The van der Waals surface area contributed by atoms with Gasteiger partial charge in [-0.3, -0.25) is 20.2 Å².